The van der Waals surface area contributed by atoms with E-state index in [4.69, 9.17) is 16.1 Å². The molecule has 0 saturated heterocycles. The minimum absolute atomic E-state index is 0.177. The van der Waals surface area contributed by atoms with E-state index in [1.807, 2.05) is 11.9 Å². The van der Waals surface area contributed by atoms with Crippen LogP contribution in [0.25, 0.3) is 0 Å². The molecule has 0 aliphatic rings. The third-order valence-corrected chi connectivity index (χ3v) is 2.47. The Morgan fingerprint density at radius 2 is 2.29 bits per heavy atom. The van der Waals surface area contributed by atoms with Crippen molar-refractivity contribution in [3.63, 3.8) is 0 Å². The minimum atomic E-state index is -0.990. The van der Waals surface area contributed by atoms with Crippen LogP contribution in [0, 0.1) is 11.3 Å². The molecule has 1 rings (SSSR count). The summed E-state index contributed by atoms with van der Waals surface area (Å²) >= 11 is 0. The van der Waals surface area contributed by atoms with Crippen LogP contribution in [0.15, 0.2) is 18.2 Å². The van der Waals surface area contributed by atoms with Gasteiger partial charge in [0.25, 0.3) is 0 Å². The van der Waals surface area contributed by atoms with Crippen molar-refractivity contribution >= 4 is 17.3 Å². The van der Waals surface area contributed by atoms with Gasteiger partial charge in [-0.25, -0.2) is 4.79 Å². The van der Waals surface area contributed by atoms with Crippen LogP contribution in [0.1, 0.15) is 23.2 Å². The lowest BCUT2D eigenvalue weighted by atomic mass is 10.1. The van der Waals surface area contributed by atoms with Crippen molar-refractivity contribution in [1.29, 1.82) is 5.26 Å². The van der Waals surface area contributed by atoms with Gasteiger partial charge in [0.2, 0.25) is 0 Å². The molecule has 5 heteroatoms. The Morgan fingerprint density at radius 3 is 2.82 bits per heavy atom. The molecule has 0 atom stereocenters. The molecular weight excluding hydrogens is 218 g/mol. The summed E-state index contributed by atoms with van der Waals surface area (Å²) in [5, 5.41) is 17.3. The standard InChI is InChI=1S/C12H15N3O2/c1-15(7-3-2-6-13)11-5-4-9(12(16)17)8-10(11)14/h4-5,8H,2-3,7,14H2,1H3,(H,16,17). The van der Waals surface area contributed by atoms with Gasteiger partial charge in [-0.1, -0.05) is 0 Å². The molecule has 3 N–H and O–H groups in total. The number of aromatic carboxylic acids is 1. The van der Waals surface area contributed by atoms with E-state index in [0.29, 0.717) is 18.7 Å². The molecule has 90 valence electrons. The number of unbranched alkanes of at least 4 members (excludes halogenated alkanes) is 1. The summed E-state index contributed by atoms with van der Waals surface area (Å²) in [5.41, 5.74) is 7.19. The zero-order chi connectivity index (χ0) is 12.8. The summed E-state index contributed by atoms with van der Waals surface area (Å²) in [7, 11) is 1.86. The highest BCUT2D eigenvalue weighted by molar-refractivity contribution is 5.90. The number of anilines is 2. The lowest BCUT2D eigenvalue weighted by molar-refractivity contribution is 0.0697. The van der Waals surface area contributed by atoms with Crippen molar-refractivity contribution < 1.29 is 9.90 Å². The molecule has 1 aromatic rings. The molecule has 1 aromatic carbocycles. The summed E-state index contributed by atoms with van der Waals surface area (Å²) < 4.78 is 0. The molecule has 0 saturated carbocycles. The van der Waals surface area contributed by atoms with E-state index < -0.39 is 5.97 Å². The zero-order valence-corrected chi connectivity index (χ0v) is 9.68. The van der Waals surface area contributed by atoms with Gasteiger partial charge in [0.1, 0.15) is 0 Å². The summed E-state index contributed by atoms with van der Waals surface area (Å²) in [6.07, 6.45) is 1.25. The van der Waals surface area contributed by atoms with E-state index in [1.165, 1.54) is 12.1 Å². The monoisotopic (exact) mass is 233 g/mol. The molecule has 0 spiro atoms. The fourth-order valence-corrected chi connectivity index (χ4v) is 1.55. The van der Waals surface area contributed by atoms with Gasteiger partial charge in [0.15, 0.2) is 0 Å². The van der Waals surface area contributed by atoms with E-state index in [-0.39, 0.29) is 5.56 Å². The first kappa shape index (κ1) is 12.8. The average molecular weight is 233 g/mol. The van der Waals surface area contributed by atoms with Crippen molar-refractivity contribution in [2.24, 2.45) is 0 Å². The van der Waals surface area contributed by atoms with Crippen LogP contribution in [0.3, 0.4) is 0 Å². The zero-order valence-electron chi connectivity index (χ0n) is 9.68. The largest absolute Gasteiger partial charge is 0.478 e. The van der Waals surface area contributed by atoms with Crippen LogP contribution < -0.4 is 10.6 Å². The van der Waals surface area contributed by atoms with Crippen LogP contribution in [0.4, 0.5) is 11.4 Å². The highest BCUT2D eigenvalue weighted by Crippen LogP contribution is 2.23. The number of carbonyl (C=O) groups is 1. The van der Waals surface area contributed by atoms with Crippen LogP contribution >= 0.6 is 0 Å². The topological polar surface area (TPSA) is 90.3 Å². The second-order valence-corrected chi connectivity index (χ2v) is 3.76. The number of hydrogen-bond acceptors (Lipinski definition) is 4. The van der Waals surface area contributed by atoms with Crippen LogP contribution in [-0.4, -0.2) is 24.7 Å². The number of nitrogen functional groups attached to an aromatic ring is 1. The highest BCUT2D eigenvalue weighted by atomic mass is 16.4. The third kappa shape index (κ3) is 3.38. The maximum Gasteiger partial charge on any atom is 0.335 e. The molecule has 0 heterocycles. The third-order valence-electron chi connectivity index (χ3n) is 2.47. The highest BCUT2D eigenvalue weighted by Gasteiger charge is 2.09. The molecule has 17 heavy (non-hydrogen) atoms. The maximum atomic E-state index is 10.7. The first-order chi connectivity index (χ1) is 8.06. The van der Waals surface area contributed by atoms with Crippen molar-refractivity contribution in [1.82, 2.24) is 0 Å². The number of rotatable bonds is 5. The fourth-order valence-electron chi connectivity index (χ4n) is 1.55. The Labute approximate surface area is 100 Å². The first-order valence-electron chi connectivity index (χ1n) is 5.27. The molecule has 0 fully saturated rings. The SMILES string of the molecule is CN(CCCC#N)c1ccc(C(=O)O)cc1N. The predicted octanol–water partition coefficient (Wildman–Crippen LogP) is 1.71. The number of nitrogens with zero attached hydrogens (tertiary/aromatic N) is 2. The van der Waals surface area contributed by atoms with E-state index in [2.05, 4.69) is 6.07 Å². The number of nitriles is 1. The summed E-state index contributed by atoms with van der Waals surface area (Å²) in [5.74, 6) is -0.990. The molecule has 0 bridgehead atoms. The van der Waals surface area contributed by atoms with Crippen molar-refractivity contribution in [3.8, 4) is 6.07 Å². The Hall–Kier alpha value is -2.22. The van der Waals surface area contributed by atoms with Gasteiger partial charge in [0.05, 0.1) is 23.0 Å². The number of nitrogens with two attached hydrogens (primary N) is 1. The molecule has 5 nitrogen and oxygen atoms in total. The lowest BCUT2D eigenvalue weighted by Crippen LogP contribution is -2.19. The molecular formula is C12H15N3O2. The van der Waals surface area contributed by atoms with Gasteiger partial charge in [-0.05, 0) is 24.6 Å². The van der Waals surface area contributed by atoms with E-state index in [9.17, 15) is 4.79 Å². The van der Waals surface area contributed by atoms with Gasteiger partial charge in [-0.15, -0.1) is 0 Å². The molecule has 0 amide bonds. The van der Waals surface area contributed by atoms with Gasteiger partial charge >= 0.3 is 5.97 Å². The normalized spacial score (nSPS) is 9.65. The summed E-state index contributed by atoms with van der Waals surface area (Å²) in [6.45, 7) is 0.712. The van der Waals surface area contributed by atoms with Crippen molar-refractivity contribution in [2.45, 2.75) is 12.8 Å². The Morgan fingerprint density at radius 1 is 1.59 bits per heavy atom. The number of benzene rings is 1. The molecule has 0 aliphatic carbocycles. The second-order valence-electron chi connectivity index (χ2n) is 3.76. The maximum absolute atomic E-state index is 10.7. The predicted molar refractivity (Wildman–Crippen MR) is 65.9 cm³/mol. The Balaban J connectivity index is 2.78. The summed E-state index contributed by atoms with van der Waals surface area (Å²) in [6, 6.07) is 6.73. The molecule has 0 unspecified atom stereocenters. The van der Waals surface area contributed by atoms with Gasteiger partial charge in [-0.3, -0.25) is 0 Å². The lowest BCUT2D eigenvalue weighted by Gasteiger charge is -2.20. The first-order valence-corrected chi connectivity index (χ1v) is 5.27. The molecule has 0 radical (unpaired) electrons. The van der Waals surface area contributed by atoms with Gasteiger partial charge in [-0.2, -0.15) is 5.26 Å². The molecule has 0 aliphatic heterocycles. The van der Waals surface area contributed by atoms with Gasteiger partial charge in [0, 0.05) is 20.0 Å². The summed E-state index contributed by atoms with van der Waals surface area (Å²) in [4.78, 5) is 12.7. The van der Waals surface area contributed by atoms with Gasteiger partial charge < -0.3 is 15.7 Å². The van der Waals surface area contributed by atoms with Crippen molar-refractivity contribution in [2.75, 3.05) is 24.2 Å². The van der Waals surface area contributed by atoms with Crippen molar-refractivity contribution in [3.05, 3.63) is 23.8 Å². The van der Waals surface area contributed by atoms with Crippen LogP contribution in [0.5, 0.6) is 0 Å². The smallest absolute Gasteiger partial charge is 0.335 e. The van der Waals surface area contributed by atoms with E-state index in [1.54, 1.807) is 6.07 Å². The number of carboxylic acids is 1. The Bertz CT molecular complexity index is 452. The average Bonchev–Trinajstić information content (AvgIpc) is 2.28. The van der Waals surface area contributed by atoms with Crippen LogP contribution in [-0.2, 0) is 0 Å². The van der Waals surface area contributed by atoms with E-state index in [0.717, 1.165) is 12.1 Å². The van der Waals surface area contributed by atoms with Crippen LogP contribution in [0.2, 0.25) is 0 Å². The Kier molecular flexibility index (Phi) is 4.35. The quantitative estimate of drug-likeness (QED) is 0.596. The fraction of sp³-hybridized carbons (Fsp3) is 0.333. The number of hydrogen-bond donors (Lipinski definition) is 2. The number of carboxylic acid groups (broad SMARTS) is 1. The second kappa shape index (κ2) is 5.75. The minimum Gasteiger partial charge on any atom is -0.478 e. The molecule has 0 aromatic heterocycles. The van der Waals surface area contributed by atoms with E-state index >= 15 is 0 Å².